The molecule has 1 aliphatic heterocycles. The Labute approximate surface area is 158 Å². The van der Waals surface area contributed by atoms with Gasteiger partial charge in [0.2, 0.25) is 11.8 Å². The lowest BCUT2D eigenvalue weighted by Gasteiger charge is -2.17. The van der Waals surface area contributed by atoms with E-state index >= 15 is 0 Å². The number of benzene rings is 2. The third kappa shape index (κ3) is 4.16. The van der Waals surface area contributed by atoms with Gasteiger partial charge in [-0.1, -0.05) is 30.3 Å². The first-order valence-corrected chi connectivity index (χ1v) is 8.80. The van der Waals surface area contributed by atoms with Crippen molar-refractivity contribution in [2.24, 2.45) is 5.92 Å². The fraction of sp³-hybridized carbons (Fsp3) is 0.286. The van der Waals surface area contributed by atoms with Crippen molar-refractivity contribution in [1.29, 1.82) is 0 Å². The smallest absolute Gasteiger partial charge is 0.227 e. The topological polar surface area (TPSA) is 75.7 Å². The highest BCUT2D eigenvalue weighted by atomic mass is 16.5. The molecular weight excluding hydrogens is 344 g/mol. The van der Waals surface area contributed by atoms with E-state index in [9.17, 15) is 14.4 Å². The van der Waals surface area contributed by atoms with Crippen molar-refractivity contribution in [3.05, 3.63) is 59.7 Å². The lowest BCUT2D eigenvalue weighted by Crippen LogP contribution is -2.32. The van der Waals surface area contributed by atoms with Gasteiger partial charge in [-0.25, -0.2) is 0 Å². The molecule has 2 aromatic carbocycles. The van der Waals surface area contributed by atoms with Crippen molar-refractivity contribution in [2.45, 2.75) is 19.9 Å². The Morgan fingerprint density at radius 3 is 2.70 bits per heavy atom. The molecule has 3 rings (SSSR count). The predicted octanol–water partition coefficient (Wildman–Crippen LogP) is 2.57. The minimum absolute atomic E-state index is 0.0606. The first-order valence-electron chi connectivity index (χ1n) is 8.80. The van der Waals surface area contributed by atoms with Gasteiger partial charge in [0.05, 0.1) is 13.0 Å². The molecule has 1 N–H and O–H groups in total. The van der Waals surface area contributed by atoms with Crippen LogP contribution in [0.1, 0.15) is 29.3 Å². The molecule has 0 saturated carbocycles. The molecule has 0 bridgehead atoms. The van der Waals surface area contributed by atoms with Crippen LogP contribution in [-0.2, 0) is 16.1 Å². The molecule has 0 spiro atoms. The highest BCUT2D eigenvalue weighted by molar-refractivity contribution is 6.02. The van der Waals surface area contributed by atoms with Crippen LogP contribution in [-0.4, -0.2) is 31.3 Å². The Morgan fingerprint density at radius 1 is 1.19 bits per heavy atom. The van der Waals surface area contributed by atoms with E-state index in [0.717, 1.165) is 5.56 Å². The lowest BCUT2D eigenvalue weighted by molar-refractivity contribution is -0.126. The maximum Gasteiger partial charge on any atom is 0.227 e. The minimum Gasteiger partial charge on any atom is -0.496 e. The van der Waals surface area contributed by atoms with Crippen LogP contribution in [0.4, 0.5) is 5.69 Å². The number of carbonyl (C=O) groups is 3. The second kappa shape index (κ2) is 8.03. The fourth-order valence-corrected chi connectivity index (χ4v) is 3.20. The van der Waals surface area contributed by atoms with Crippen molar-refractivity contribution in [3.63, 3.8) is 0 Å². The van der Waals surface area contributed by atoms with E-state index < -0.39 is 5.92 Å². The van der Waals surface area contributed by atoms with Crippen molar-refractivity contribution in [3.8, 4) is 5.75 Å². The molecule has 1 atom stereocenters. The van der Waals surface area contributed by atoms with Crippen LogP contribution < -0.4 is 15.0 Å². The number of ether oxygens (including phenoxy) is 1. The van der Waals surface area contributed by atoms with Gasteiger partial charge in [-0.2, -0.15) is 0 Å². The second-order valence-electron chi connectivity index (χ2n) is 6.54. The first kappa shape index (κ1) is 18.6. The summed E-state index contributed by atoms with van der Waals surface area (Å²) in [4.78, 5) is 38.0. The number of nitrogens with one attached hydrogen (secondary N) is 1. The second-order valence-corrected chi connectivity index (χ2v) is 6.54. The first-order chi connectivity index (χ1) is 13.0. The number of carbonyl (C=O) groups excluding carboxylic acids is 3. The summed E-state index contributed by atoms with van der Waals surface area (Å²) in [6.45, 7) is 2.13. The number of hydrogen-bond donors (Lipinski definition) is 1. The van der Waals surface area contributed by atoms with Gasteiger partial charge < -0.3 is 15.0 Å². The normalized spacial score (nSPS) is 16.3. The number of rotatable bonds is 6. The van der Waals surface area contributed by atoms with E-state index in [4.69, 9.17) is 4.74 Å². The van der Waals surface area contributed by atoms with Crippen molar-refractivity contribution in [1.82, 2.24) is 5.32 Å². The number of Topliss-reactive ketones (excluding diaryl/α,β-unsaturated/α-hetero) is 1. The van der Waals surface area contributed by atoms with Crippen molar-refractivity contribution in [2.75, 3.05) is 18.6 Å². The van der Waals surface area contributed by atoms with E-state index in [-0.39, 0.29) is 24.0 Å². The zero-order valence-corrected chi connectivity index (χ0v) is 15.4. The zero-order chi connectivity index (χ0) is 19.4. The Bertz CT molecular complexity index is 878. The van der Waals surface area contributed by atoms with Crippen LogP contribution in [0.25, 0.3) is 0 Å². The number of amides is 2. The summed E-state index contributed by atoms with van der Waals surface area (Å²) in [6, 6.07) is 14.4. The number of ketones is 1. The average molecular weight is 366 g/mol. The van der Waals surface area contributed by atoms with Gasteiger partial charge in [-0.3, -0.25) is 14.4 Å². The molecule has 6 nitrogen and oxygen atoms in total. The fourth-order valence-electron chi connectivity index (χ4n) is 3.20. The maximum absolute atomic E-state index is 12.5. The number of para-hydroxylation sites is 1. The Morgan fingerprint density at radius 2 is 1.96 bits per heavy atom. The van der Waals surface area contributed by atoms with Gasteiger partial charge in [0, 0.05) is 36.3 Å². The van der Waals surface area contributed by atoms with Crippen LogP contribution in [0.3, 0.4) is 0 Å². The van der Waals surface area contributed by atoms with E-state index in [2.05, 4.69) is 5.32 Å². The summed E-state index contributed by atoms with van der Waals surface area (Å²) in [5, 5.41) is 2.89. The maximum atomic E-state index is 12.5. The van der Waals surface area contributed by atoms with E-state index in [0.29, 0.717) is 30.1 Å². The molecule has 140 valence electrons. The molecular formula is C21H22N2O4. The summed E-state index contributed by atoms with van der Waals surface area (Å²) in [5.41, 5.74) is 2.07. The minimum atomic E-state index is -0.423. The molecule has 1 aliphatic rings. The van der Waals surface area contributed by atoms with Crippen molar-refractivity contribution >= 4 is 23.3 Å². The summed E-state index contributed by atoms with van der Waals surface area (Å²) < 4.78 is 5.28. The van der Waals surface area contributed by atoms with Gasteiger partial charge in [-0.05, 0) is 25.1 Å². The predicted molar refractivity (Wildman–Crippen MR) is 102 cm³/mol. The van der Waals surface area contributed by atoms with Crippen LogP contribution in [0.5, 0.6) is 5.75 Å². The Balaban J connectivity index is 1.65. The number of nitrogens with zero attached hydrogens (tertiary/aromatic N) is 1. The molecule has 1 unspecified atom stereocenters. The summed E-state index contributed by atoms with van der Waals surface area (Å²) in [6.07, 6.45) is 0.155. The third-order valence-electron chi connectivity index (χ3n) is 4.71. The van der Waals surface area contributed by atoms with Crippen LogP contribution in [0.2, 0.25) is 0 Å². The number of methoxy groups -OCH3 is 1. The Hall–Kier alpha value is -3.15. The van der Waals surface area contributed by atoms with E-state index in [1.807, 2.05) is 24.3 Å². The standard InChI is InChI=1S/C21H22N2O4/c1-14(24)15-7-5-8-18(10-15)23-13-17(11-20(23)25)21(26)22-12-16-6-3-4-9-19(16)27-2/h3-10,17H,11-13H2,1-2H3,(H,22,26). The summed E-state index contributed by atoms with van der Waals surface area (Å²) in [7, 11) is 1.59. The zero-order valence-electron chi connectivity index (χ0n) is 15.4. The van der Waals surface area contributed by atoms with Gasteiger partial charge in [0.15, 0.2) is 5.78 Å². The molecule has 1 saturated heterocycles. The van der Waals surface area contributed by atoms with Gasteiger partial charge >= 0.3 is 0 Å². The summed E-state index contributed by atoms with van der Waals surface area (Å²) >= 11 is 0. The summed E-state index contributed by atoms with van der Waals surface area (Å²) in [5.74, 6) is -0.0571. The monoisotopic (exact) mass is 366 g/mol. The van der Waals surface area contributed by atoms with E-state index in [1.54, 1.807) is 36.3 Å². The lowest BCUT2D eigenvalue weighted by atomic mass is 10.1. The molecule has 2 amide bonds. The largest absolute Gasteiger partial charge is 0.496 e. The molecule has 2 aromatic rings. The number of anilines is 1. The molecule has 0 aliphatic carbocycles. The van der Waals surface area contributed by atoms with Gasteiger partial charge in [0.25, 0.3) is 0 Å². The quantitative estimate of drug-likeness (QED) is 0.798. The van der Waals surface area contributed by atoms with Gasteiger partial charge in [0.1, 0.15) is 5.75 Å². The van der Waals surface area contributed by atoms with Crippen LogP contribution in [0.15, 0.2) is 48.5 Å². The molecule has 27 heavy (non-hydrogen) atoms. The molecule has 1 fully saturated rings. The Kier molecular flexibility index (Phi) is 5.54. The SMILES string of the molecule is COc1ccccc1CNC(=O)C1CC(=O)N(c2cccc(C(C)=O)c2)C1. The molecule has 0 radical (unpaired) electrons. The highest BCUT2D eigenvalue weighted by Gasteiger charge is 2.35. The van der Waals surface area contributed by atoms with E-state index in [1.165, 1.54) is 6.92 Å². The molecule has 1 heterocycles. The van der Waals surface area contributed by atoms with Crippen molar-refractivity contribution < 1.29 is 19.1 Å². The number of hydrogen-bond acceptors (Lipinski definition) is 4. The van der Waals surface area contributed by atoms with Crippen LogP contribution >= 0.6 is 0 Å². The molecule has 0 aromatic heterocycles. The average Bonchev–Trinajstić information content (AvgIpc) is 3.08. The van der Waals surface area contributed by atoms with Gasteiger partial charge in [-0.15, -0.1) is 0 Å². The highest BCUT2D eigenvalue weighted by Crippen LogP contribution is 2.26. The third-order valence-corrected chi connectivity index (χ3v) is 4.71. The van der Waals surface area contributed by atoms with Crippen LogP contribution in [0, 0.1) is 5.92 Å². The molecule has 6 heteroatoms.